The molecule has 0 bridgehead atoms. The number of nitrogens with one attached hydrogen (secondary N) is 2. The van der Waals surface area contributed by atoms with Crippen LogP contribution >= 0.6 is 0 Å². The summed E-state index contributed by atoms with van der Waals surface area (Å²) in [5.74, 6) is 0.179. The predicted molar refractivity (Wildman–Crippen MR) is 130 cm³/mol. The van der Waals surface area contributed by atoms with E-state index in [1.807, 2.05) is 41.3 Å². The van der Waals surface area contributed by atoms with Crippen LogP contribution in [0.1, 0.15) is 45.2 Å². The fourth-order valence-electron chi connectivity index (χ4n) is 5.08. The second kappa shape index (κ2) is 7.94. The van der Waals surface area contributed by atoms with Gasteiger partial charge in [-0.3, -0.25) is 4.79 Å². The molecule has 5 nitrogen and oxygen atoms in total. The van der Waals surface area contributed by atoms with Crippen molar-refractivity contribution in [3.05, 3.63) is 107 Å². The number of rotatable bonds is 4. The molecule has 0 saturated carbocycles. The number of H-pyrrole nitrogens is 1. The van der Waals surface area contributed by atoms with E-state index in [-0.39, 0.29) is 11.7 Å². The molecule has 0 spiro atoms. The summed E-state index contributed by atoms with van der Waals surface area (Å²) >= 11 is 0. The van der Waals surface area contributed by atoms with Crippen LogP contribution in [-0.2, 0) is 6.54 Å². The van der Waals surface area contributed by atoms with Gasteiger partial charge in [0.25, 0.3) is 5.91 Å². The van der Waals surface area contributed by atoms with Gasteiger partial charge in [0.1, 0.15) is 11.8 Å². The minimum Gasteiger partial charge on any atom is -0.508 e. The highest BCUT2D eigenvalue weighted by Gasteiger charge is 2.36. The summed E-state index contributed by atoms with van der Waals surface area (Å²) in [6, 6.07) is 23.3. The molecule has 0 saturated heterocycles. The minimum absolute atomic E-state index is 0.00621. The van der Waals surface area contributed by atoms with Crippen LogP contribution in [-0.4, -0.2) is 34.0 Å². The number of hydrogen-bond donors (Lipinski definition) is 3. The zero-order valence-corrected chi connectivity index (χ0v) is 18.2. The smallest absolute Gasteiger partial charge is 0.255 e. The van der Waals surface area contributed by atoms with Crippen LogP contribution in [0.15, 0.2) is 78.9 Å². The molecule has 5 heteroatoms. The van der Waals surface area contributed by atoms with Gasteiger partial charge in [-0.05, 0) is 59.3 Å². The summed E-state index contributed by atoms with van der Waals surface area (Å²) in [6.07, 6.45) is 3.17. The maximum atomic E-state index is 13.7. The fourth-order valence-corrected chi connectivity index (χ4v) is 5.08. The number of phenolic OH excluding ortho intramolecular Hbond substituents is 1. The van der Waals surface area contributed by atoms with Gasteiger partial charge in [-0.1, -0.05) is 54.6 Å². The van der Waals surface area contributed by atoms with Crippen LogP contribution in [0.2, 0.25) is 0 Å². The molecule has 1 atom stereocenters. The summed E-state index contributed by atoms with van der Waals surface area (Å²) in [4.78, 5) is 19.1. The Morgan fingerprint density at radius 2 is 1.82 bits per heavy atom. The molecule has 164 valence electrons. The van der Waals surface area contributed by atoms with E-state index in [1.54, 1.807) is 12.1 Å². The molecular formula is C28H25N3O2. The predicted octanol–water partition coefficient (Wildman–Crippen LogP) is 5.00. The first-order valence-corrected chi connectivity index (χ1v) is 11.4. The lowest BCUT2D eigenvalue weighted by Gasteiger charge is -2.28. The van der Waals surface area contributed by atoms with E-state index in [4.69, 9.17) is 0 Å². The average Bonchev–Trinajstić information content (AvgIpc) is 3.42. The minimum atomic E-state index is -0.417. The zero-order chi connectivity index (χ0) is 22.4. The number of para-hydroxylation sites is 2. The van der Waals surface area contributed by atoms with Crippen molar-refractivity contribution in [2.75, 3.05) is 13.1 Å². The van der Waals surface area contributed by atoms with Crippen LogP contribution in [0.4, 0.5) is 0 Å². The lowest BCUT2D eigenvalue weighted by molar-refractivity contribution is 0.0727. The van der Waals surface area contributed by atoms with Gasteiger partial charge in [-0.15, -0.1) is 0 Å². The molecule has 4 aromatic rings. The molecule has 2 aliphatic rings. The summed E-state index contributed by atoms with van der Waals surface area (Å²) in [5, 5.41) is 15.2. The van der Waals surface area contributed by atoms with Crippen molar-refractivity contribution >= 4 is 22.4 Å². The molecular weight excluding hydrogens is 410 g/mol. The van der Waals surface area contributed by atoms with Crippen molar-refractivity contribution in [3.63, 3.8) is 0 Å². The topological polar surface area (TPSA) is 68.4 Å². The molecule has 3 heterocycles. The average molecular weight is 436 g/mol. The first-order valence-electron chi connectivity index (χ1n) is 11.4. The maximum Gasteiger partial charge on any atom is 0.255 e. The summed E-state index contributed by atoms with van der Waals surface area (Å²) in [6.45, 7) is 2.32. The van der Waals surface area contributed by atoms with E-state index in [9.17, 15) is 9.90 Å². The van der Waals surface area contributed by atoms with Gasteiger partial charge in [0.05, 0.1) is 0 Å². The second-order valence-corrected chi connectivity index (χ2v) is 8.76. The van der Waals surface area contributed by atoms with Crippen molar-refractivity contribution in [1.29, 1.82) is 0 Å². The highest BCUT2D eigenvalue weighted by Crippen LogP contribution is 2.40. The Morgan fingerprint density at radius 1 is 0.970 bits per heavy atom. The third-order valence-electron chi connectivity index (χ3n) is 6.76. The number of carbonyl (C=O) groups excluding carboxylic acids is 1. The number of aromatic hydroxyl groups is 1. The maximum absolute atomic E-state index is 13.7. The summed E-state index contributed by atoms with van der Waals surface area (Å²) < 4.78 is 0. The largest absolute Gasteiger partial charge is 0.508 e. The van der Waals surface area contributed by atoms with Crippen molar-refractivity contribution in [2.24, 2.45) is 0 Å². The molecule has 2 aliphatic heterocycles. The number of benzene rings is 3. The highest BCUT2D eigenvalue weighted by atomic mass is 16.3. The Morgan fingerprint density at radius 3 is 2.64 bits per heavy atom. The third kappa shape index (κ3) is 3.41. The molecule has 1 aromatic heterocycles. The summed E-state index contributed by atoms with van der Waals surface area (Å²) in [5.41, 5.74) is 6.80. The zero-order valence-electron chi connectivity index (χ0n) is 18.2. The highest BCUT2D eigenvalue weighted by molar-refractivity contribution is 6.00. The van der Waals surface area contributed by atoms with E-state index in [0.29, 0.717) is 12.1 Å². The molecule has 6 rings (SSSR count). The number of hydrogen-bond acceptors (Lipinski definition) is 3. The first-order chi connectivity index (χ1) is 16.2. The van der Waals surface area contributed by atoms with Crippen LogP contribution in [0.5, 0.6) is 5.75 Å². The van der Waals surface area contributed by atoms with E-state index < -0.39 is 6.04 Å². The lowest BCUT2D eigenvalue weighted by Crippen LogP contribution is -2.30. The van der Waals surface area contributed by atoms with Gasteiger partial charge < -0.3 is 20.3 Å². The Bertz CT molecular complexity index is 1370. The quantitative estimate of drug-likeness (QED) is 0.423. The van der Waals surface area contributed by atoms with Crippen molar-refractivity contribution in [1.82, 2.24) is 15.2 Å². The van der Waals surface area contributed by atoms with E-state index >= 15 is 0 Å². The number of fused-ring (bicyclic) bond motifs is 2. The van der Waals surface area contributed by atoms with Crippen molar-refractivity contribution in [3.8, 4) is 5.75 Å². The number of aromatic amines is 1. The Hall–Kier alpha value is -3.83. The third-order valence-corrected chi connectivity index (χ3v) is 6.76. The Labute approximate surface area is 192 Å². The van der Waals surface area contributed by atoms with Gasteiger partial charge in [0.2, 0.25) is 0 Å². The van der Waals surface area contributed by atoms with Gasteiger partial charge in [0, 0.05) is 35.4 Å². The molecule has 33 heavy (non-hydrogen) atoms. The van der Waals surface area contributed by atoms with Crippen LogP contribution in [0.3, 0.4) is 0 Å². The number of phenols is 1. The molecule has 0 aliphatic carbocycles. The van der Waals surface area contributed by atoms with E-state index in [0.717, 1.165) is 52.8 Å². The van der Waals surface area contributed by atoms with E-state index in [2.05, 4.69) is 40.6 Å². The van der Waals surface area contributed by atoms with Crippen molar-refractivity contribution < 1.29 is 9.90 Å². The Kier molecular flexibility index (Phi) is 4.77. The molecule has 3 aromatic carbocycles. The molecule has 0 fully saturated rings. The number of carbonyl (C=O) groups is 1. The van der Waals surface area contributed by atoms with Crippen LogP contribution < -0.4 is 5.32 Å². The monoisotopic (exact) mass is 435 g/mol. The van der Waals surface area contributed by atoms with Crippen LogP contribution in [0.25, 0.3) is 16.5 Å². The van der Waals surface area contributed by atoms with E-state index in [1.165, 1.54) is 5.57 Å². The Balaban J connectivity index is 1.43. The summed E-state index contributed by atoms with van der Waals surface area (Å²) in [7, 11) is 0. The van der Waals surface area contributed by atoms with Gasteiger partial charge in [0.15, 0.2) is 0 Å². The van der Waals surface area contributed by atoms with Gasteiger partial charge in [-0.25, -0.2) is 0 Å². The normalized spacial score (nSPS) is 16.7. The first kappa shape index (κ1) is 19.8. The van der Waals surface area contributed by atoms with Crippen LogP contribution in [0, 0.1) is 0 Å². The molecule has 3 N–H and O–H groups in total. The molecule has 1 amide bonds. The standard InChI is InChI=1S/C28H25N3O2/c32-26-8-4-2-6-22(26)27(25-16-20-5-1-3-7-24(20)30-25)31-17-21-10-9-19(15-23(21)28(31)33)18-11-13-29-14-12-18/h1-11,15-16,27,29-30,32H,12-14,17H2/t27-/m1/s1. The fraction of sp³-hybridized carbons (Fsp3) is 0.179. The van der Waals surface area contributed by atoms with Gasteiger partial charge >= 0.3 is 0 Å². The van der Waals surface area contributed by atoms with Crippen molar-refractivity contribution in [2.45, 2.75) is 19.0 Å². The molecule has 0 radical (unpaired) electrons. The lowest BCUT2D eigenvalue weighted by atomic mass is 9.97. The second-order valence-electron chi connectivity index (χ2n) is 8.76. The number of nitrogens with zero attached hydrogens (tertiary/aromatic N) is 1. The number of amides is 1. The van der Waals surface area contributed by atoms with Gasteiger partial charge in [-0.2, -0.15) is 0 Å². The number of aromatic nitrogens is 1. The SMILES string of the molecule is O=C1c2cc(C3=CCNCC3)ccc2CN1[C@@H](c1cc2ccccc2[nH]1)c1ccccc1O. The molecule has 0 unspecified atom stereocenters.